The van der Waals surface area contributed by atoms with E-state index in [0.717, 1.165) is 18.4 Å². The maximum Gasteiger partial charge on any atom is 0.337 e. The van der Waals surface area contributed by atoms with Crippen LogP contribution >= 0.6 is 0 Å². The standard InChI is InChI=1S/C22H32O3/c1-14(2)18-12-11-16(5)13-19(18)25-22(24)20(15(3)4)21(23)17-9-7-6-8-10-17/h6-10,14,16,18-19,21,23H,11-13H2,1-5H3/t16-,18+,19-,21-/m1/s1. The van der Waals surface area contributed by atoms with Gasteiger partial charge in [-0.05, 0) is 50.0 Å². The van der Waals surface area contributed by atoms with Gasteiger partial charge in [-0.2, -0.15) is 0 Å². The number of aliphatic hydroxyl groups excluding tert-OH is 1. The number of esters is 1. The summed E-state index contributed by atoms with van der Waals surface area (Å²) in [6, 6.07) is 9.29. The molecule has 0 saturated heterocycles. The average Bonchev–Trinajstić information content (AvgIpc) is 2.55. The van der Waals surface area contributed by atoms with Gasteiger partial charge in [0.2, 0.25) is 0 Å². The van der Waals surface area contributed by atoms with Crippen LogP contribution in [0.4, 0.5) is 0 Å². The number of hydrogen-bond acceptors (Lipinski definition) is 3. The zero-order valence-electron chi connectivity index (χ0n) is 16.2. The third-order valence-electron chi connectivity index (χ3n) is 5.37. The van der Waals surface area contributed by atoms with Crippen LogP contribution in [0.2, 0.25) is 0 Å². The van der Waals surface area contributed by atoms with Gasteiger partial charge in [-0.15, -0.1) is 0 Å². The van der Waals surface area contributed by atoms with Gasteiger partial charge in [-0.3, -0.25) is 0 Å². The second-order valence-electron chi connectivity index (χ2n) is 8.00. The Hall–Kier alpha value is -1.61. The number of aliphatic hydroxyl groups is 1. The number of rotatable bonds is 5. The van der Waals surface area contributed by atoms with Gasteiger partial charge in [0.1, 0.15) is 12.2 Å². The monoisotopic (exact) mass is 344 g/mol. The Kier molecular flexibility index (Phi) is 6.83. The van der Waals surface area contributed by atoms with Crippen molar-refractivity contribution in [2.75, 3.05) is 0 Å². The molecule has 0 spiro atoms. The highest BCUT2D eigenvalue weighted by atomic mass is 16.5. The van der Waals surface area contributed by atoms with Crippen molar-refractivity contribution in [3.05, 3.63) is 47.0 Å². The van der Waals surface area contributed by atoms with E-state index < -0.39 is 6.10 Å². The van der Waals surface area contributed by atoms with Gasteiger partial charge in [0.15, 0.2) is 0 Å². The van der Waals surface area contributed by atoms with E-state index in [1.54, 1.807) is 0 Å². The molecule has 0 unspecified atom stereocenters. The first-order valence-corrected chi connectivity index (χ1v) is 9.42. The fourth-order valence-electron chi connectivity index (χ4n) is 3.84. The molecule has 1 fully saturated rings. The maximum atomic E-state index is 12.9. The Balaban J connectivity index is 2.19. The molecule has 2 rings (SSSR count). The van der Waals surface area contributed by atoms with Crippen LogP contribution in [0.25, 0.3) is 0 Å². The molecule has 0 aromatic heterocycles. The molecule has 138 valence electrons. The number of benzene rings is 1. The Morgan fingerprint density at radius 3 is 2.36 bits per heavy atom. The summed E-state index contributed by atoms with van der Waals surface area (Å²) in [7, 11) is 0. The summed E-state index contributed by atoms with van der Waals surface area (Å²) in [6.45, 7) is 10.3. The van der Waals surface area contributed by atoms with Crippen molar-refractivity contribution in [1.82, 2.24) is 0 Å². The molecular weight excluding hydrogens is 312 g/mol. The molecule has 1 aliphatic carbocycles. The molecule has 0 heterocycles. The third kappa shape index (κ3) is 4.94. The third-order valence-corrected chi connectivity index (χ3v) is 5.37. The first kappa shape index (κ1) is 19.7. The predicted octanol–water partition coefficient (Wildman–Crippen LogP) is 5.06. The lowest BCUT2D eigenvalue weighted by atomic mass is 9.75. The van der Waals surface area contributed by atoms with Crippen LogP contribution in [0.5, 0.6) is 0 Å². The van der Waals surface area contributed by atoms with E-state index in [0.29, 0.717) is 28.9 Å². The van der Waals surface area contributed by atoms with Crippen LogP contribution in [0.15, 0.2) is 41.5 Å². The fraction of sp³-hybridized carbons (Fsp3) is 0.591. The molecule has 4 atom stereocenters. The first-order chi connectivity index (χ1) is 11.8. The summed E-state index contributed by atoms with van der Waals surface area (Å²) in [5, 5.41) is 10.7. The summed E-state index contributed by atoms with van der Waals surface area (Å²) < 4.78 is 5.94. The van der Waals surface area contributed by atoms with E-state index in [1.807, 2.05) is 44.2 Å². The SMILES string of the molecule is CC(C)=C(C(=O)O[C@@H]1C[C@H](C)CC[C@H]1C(C)C)[C@H](O)c1ccccc1. The lowest BCUT2D eigenvalue weighted by molar-refractivity contribution is -0.152. The summed E-state index contributed by atoms with van der Waals surface area (Å²) in [6.07, 6.45) is 2.19. The molecule has 1 aliphatic rings. The van der Waals surface area contributed by atoms with Gasteiger partial charge in [0.05, 0.1) is 5.57 Å². The predicted molar refractivity (Wildman–Crippen MR) is 101 cm³/mol. The van der Waals surface area contributed by atoms with Crippen LogP contribution in [0, 0.1) is 17.8 Å². The highest BCUT2D eigenvalue weighted by molar-refractivity contribution is 5.90. The van der Waals surface area contributed by atoms with Crippen molar-refractivity contribution in [3.8, 4) is 0 Å². The summed E-state index contributed by atoms with van der Waals surface area (Å²) in [5.41, 5.74) is 1.88. The lowest BCUT2D eigenvalue weighted by Gasteiger charge is -2.37. The largest absolute Gasteiger partial charge is 0.459 e. The Labute approximate surface area is 152 Å². The normalized spacial score (nSPS) is 24.7. The van der Waals surface area contributed by atoms with E-state index in [9.17, 15) is 9.90 Å². The van der Waals surface area contributed by atoms with Gasteiger partial charge < -0.3 is 9.84 Å². The van der Waals surface area contributed by atoms with E-state index in [4.69, 9.17) is 4.74 Å². The van der Waals surface area contributed by atoms with Gasteiger partial charge >= 0.3 is 5.97 Å². The smallest absolute Gasteiger partial charge is 0.337 e. The van der Waals surface area contributed by atoms with Crippen molar-refractivity contribution >= 4 is 5.97 Å². The Bertz CT molecular complexity index is 599. The fourth-order valence-corrected chi connectivity index (χ4v) is 3.84. The van der Waals surface area contributed by atoms with Gasteiger partial charge in [0, 0.05) is 0 Å². The van der Waals surface area contributed by atoms with Gasteiger partial charge in [-0.1, -0.05) is 63.1 Å². The van der Waals surface area contributed by atoms with E-state index in [1.165, 1.54) is 6.42 Å². The summed E-state index contributed by atoms with van der Waals surface area (Å²) >= 11 is 0. The van der Waals surface area contributed by atoms with Crippen LogP contribution in [-0.4, -0.2) is 17.2 Å². The van der Waals surface area contributed by atoms with Crippen molar-refractivity contribution in [2.24, 2.45) is 17.8 Å². The molecule has 0 radical (unpaired) electrons. The number of allylic oxidation sites excluding steroid dienone is 1. The van der Waals surface area contributed by atoms with Crippen molar-refractivity contribution in [1.29, 1.82) is 0 Å². The van der Waals surface area contributed by atoms with Gasteiger partial charge in [-0.25, -0.2) is 4.79 Å². The lowest BCUT2D eigenvalue weighted by Crippen LogP contribution is -2.36. The average molecular weight is 344 g/mol. The van der Waals surface area contributed by atoms with Gasteiger partial charge in [0.25, 0.3) is 0 Å². The number of carbonyl (C=O) groups excluding carboxylic acids is 1. The number of hydrogen-bond donors (Lipinski definition) is 1. The molecule has 1 aromatic carbocycles. The minimum atomic E-state index is -0.947. The summed E-state index contributed by atoms with van der Waals surface area (Å²) in [4.78, 5) is 12.9. The molecule has 3 nitrogen and oxygen atoms in total. The highest BCUT2D eigenvalue weighted by Gasteiger charge is 2.35. The van der Waals surface area contributed by atoms with Crippen LogP contribution in [-0.2, 0) is 9.53 Å². The maximum absolute atomic E-state index is 12.9. The van der Waals surface area contributed by atoms with Crippen molar-refractivity contribution in [2.45, 2.75) is 66.1 Å². The number of ether oxygens (including phenoxy) is 1. The van der Waals surface area contributed by atoms with Crippen molar-refractivity contribution < 1.29 is 14.6 Å². The second kappa shape index (κ2) is 8.66. The summed E-state index contributed by atoms with van der Waals surface area (Å²) in [5.74, 6) is 1.08. The minimum absolute atomic E-state index is 0.0615. The minimum Gasteiger partial charge on any atom is -0.459 e. The van der Waals surface area contributed by atoms with E-state index in [2.05, 4.69) is 20.8 Å². The second-order valence-corrected chi connectivity index (χ2v) is 8.00. The quantitative estimate of drug-likeness (QED) is 0.600. The molecule has 0 amide bonds. The zero-order chi connectivity index (χ0) is 18.6. The Morgan fingerprint density at radius 1 is 1.16 bits per heavy atom. The van der Waals surface area contributed by atoms with E-state index in [-0.39, 0.29) is 12.1 Å². The Morgan fingerprint density at radius 2 is 1.80 bits per heavy atom. The first-order valence-electron chi connectivity index (χ1n) is 9.42. The molecular formula is C22H32O3. The van der Waals surface area contributed by atoms with Crippen LogP contribution < -0.4 is 0 Å². The molecule has 0 aliphatic heterocycles. The molecule has 1 saturated carbocycles. The molecule has 25 heavy (non-hydrogen) atoms. The molecule has 0 bridgehead atoms. The van der Waals surface area contributed by atoms with Crippen LogP contribution in [0.3, 0.4) is 0 Å². The highest BCUT2D eigenvalue weighted by Crippen LogP contribution is 2.36. The van der Waals surface area contributed by atoms with E-state index >= 15 is 0 Å². The molecule has 1 aromatic rings. The molecule has 3 heteroatoms. The van der Waals surface area contributed by atoms with Crippen molar-refractivity contribution in [3.63, 3.8) is 0 Å². The number of carbonyl (C=O) groups is 1. The molecule has 1 N–H and O–H groups in total. The van der Waals surface area contributed by atoms with Crippen LogP contribution in [0.1, 0.15) is 65.5 Å². The topological polar surface area (TPSA) is 46.5 Å². The zero-order valence-corrected chi connectivity index (χ0v) is 16.2.